The maximum absolute atomic E-state index is 12.6. The zero-order valence-electron chi connectivity index (χ0n) is 14.8. The summed E-state index contributed by atoms with van der Waals surface area (Å²) >= 11 is 0. The molecule has 2 fully saturated rings. The van der Waals surface area contributed by atoms with Crippen molar-refractivity contribution in [1.29, 1.82) is 0 Å². The second kappa shape index (κ2) is 6.93. The van der Waals surface area contributed by atoms with Gasteiger partial charge < -0.3 is 15.3 Å². The van der Waals surface area contributed by atoms with Crippen LogP contribution in [0.5, 0.6) is 0 Å². The Morgan fingerprint density at radius 3 is 2.41 bits per heavy atom. The number of hydrogen-bond acceptors (Lipinski definition) is 5. The molecule has 0 bridgehead atoms. The molecule has 1 aromatic rings. The minimum Gasteiger partial charge on any atom is -0.481 e. The van der Waals surface area contributed by atoms with Crippen LogP contribution in [0.3, 0.4) is 0 Å². The number of carbonyl (C=O) groups is 3. The Morgan fingerprint density at radius 2 is 1.85 bits per heavy atom. The first-order valence-corrected chi connectivity index (χ1v) is 9.97. The summed E-state index contributed by atoms with van der Waals surface area (Å²) < 4.78 is 26.3. The Morgan fingerprint density at radius 1 is 1.19 bits per heavy atom. The van der Waals surface area contributed by atoms with Gasteiger partial charge >= 0.3 is 5.97 Å². The number of amides is 2. The number of benzene rings is 1. The van der Waals surface area contributed by atoms with Crippen LogP contribution in [0, 0.1) is 5.41 Å². The average Bonchev–Trinajstić information content (AvgIpc) is 3.05. The second-order valence-electron chi connectivity index (χ2n) is 7.06. The first-order chi connectivity index (χ1) is 12.6. The summed E-state index contributed by atoms with van der Waals surface area (Å²) in [6.45, 7) is 2.27. The van der Waals surface area contributed by atoms with E-state index in [1.165, 1.54) is 29.2 Å². The number of carboxylic acid groups (broad SMARTS) is 1. The van der Waals surface area contributed by atoms with Gasteiger partial charge in [0.15, 0.2) is 0 Å². The largest absolute Gasteiger partial charge is 0.481 e. The van der Waals surface area contributed by atoms with Crippen LogP contribution in [0.15, 0.2) is 29.2 Å². The molecule has 1 aromatic carbocycles. The molecule has 2 amide bonds. The normalized spacial score (nSPS) is 23.9. The van der Waals surface area contributed by atoms with E-state index in [2.05, 4.69) is 5.32 Å². The first kappa shape index (κ1) is 19.3. The van der Waals surface area contributed by atoms with Crippen LogP contribution >= 0.6 is 0 Å². The summed E-state index contributed by atoms with van der Waals surface area (Å²) in [4.78, 5) is 36.8. The third-order valence-electron chi connectivity index (χ3n) is 5.02. The molecule has 0 saturated carbocycles. The summed E-state index contributed by atoms with van der Waals surface area (Å²) in [6.07, 6.45) is 0.373. The zero-order chi connectivity index (χ0) is 19.8. The quantitative estimate of drug-likeness (QED) is 0.724. The van der Waals surface area contributed by atoms with Crippen LogP contribution in [0.25, 0.3) is 0 Å². The first-order valence-electron chi connectivity index (χ1n) is 8.53. The van der Waals surface area contributed by atoms with Gasteiger partial charge in [-0.2, -0.15) is 4.31 Å². The van der Waals surface area contributed by atoms with Crippen molar-refractivity contribution < 1.29 is 27.9 Å². The Hall–Kier alpha value is -2.46. The lowest BCUT2D eigenvalue weighted by atomic mass is 9.90. The molecule has 0 aliphatic carbocycles. The highest BCUT2D eigenvalue weighted by Gasteiger charge is 2.42. The van der Waals surface area contributed by atoms with Crippen LogP contribution in [0.2, 0.25) is 0 Å². The lowest BCUT2D eigenvalue weighted by Crippen LogP contribution is -2.49. The van der Waals surface area contributed by atoms with Crippen molar-refractivity contribution in [3.63, 3.8) is 0 Å². The van der Waals surface area contributed by atoms with Crippen LogP contribution in [-0.2, 0) is 19.6 Å². The summed E-state index contributed by atoms with van der Waals surface area (Å²) in [5.41, 5.74) is -0.673. The number of rotatable bonds is 4. The molecule has 10 heteroatoms. The van der Waals surface area contributed by atoms with Gasteiger partial charge in [0.1, 0.15) is 0 Å². The van der Waals surface area contributed by atoms with E-state index in [-0.39, 0.29) is 42.9 Å². The monoisotopic (exact) mass is 395 g/mol. The van der Waals surface area contributed by atoms with Gasteiger partial charge in [-0.05, 0) is 37.6 Å². The fourth-order valence-corrected chi connectivity index (χ4v) is 4.63. The molecule has 3 rings (SSSR count). The van der Waals surface area contributed by atoms with Crippen LogP contribution in [-0.4, -0.2) is 73.2 Å². The highest BCUT2D eigenvalue weighted by Crippen LogP contribution is 2.31. The summed E-state index contributed by atoms with van der Waals surface area (Å²) in [7, 11) is -3.82. The van der Waals surface area contributed by atoms with Gasteiger partial charge in [0.2, 0.25) is 15.9 Å². The van der Waals surface area contributed by atoms with E-state index in [1.54, 1.807) is 6.92 Å². The molecule has 27 heavy (non-hydrogen) atoms. The van der Waals surface area contributed by atoms with E-state index in [0.717, 1.165) is 4.31 Å². The lowest BCUT2D eigenvalue weighted by Gasteiger charge is -2.26. The molecule has 1 atom stereocenters. The van der Waals surface area contributed by atoms with Gasteiger partial charge in [-0.1, -0.05) is 0 Å². The molecular formula is C17H21N3O6S. The number of aliphatic carboxylic acids is 1. The van der Waals surface area contributed by atoms with E-state index >= 15 is 0 Å². The van der Waals surface area contributed by atoms with Gasteiger partial charge in [0.25, 0.3) is 5.91 Å². The number of likely N-dealkylation sites (tertiary alicyclic amines) is 1. The van der Waals surface area contributed by atoms with Crippen molar-refractivity contribution in [2.24, 2.45) is 5.41 Å². The topological polar surface area (TPSA) is 124 Å². The number of piperazine rings is 1. The SMILES string of the molecule is CC1(C(=O)O)CCN(C(=O)c2ccc(S(=O)(=O)N3CCNC(=O)C3)cc2)C1. The Labute approximate surface area is 157 Å². The van der Waals surface area contributed by atoms with Gasteiger partial charge in [0.05, 0.1) is 16.9 Å². The third kappa shape index (κ3) is 3.67. The highest BCUT2D eigenvalue weighted by atomic mass is 32.2. The summed E-state index contributed by atoms with van der Waals surface area (Å²) in [5.74, 6) is -1.63. The van der Waals surface area contributed by atoms with E-state index < -0.39 is 21.4 Å². The van der Waals surface area contributed by atoms with Gasteiger partial charge in [0, 0.05) is 31.7 Å². The molecule has 0 radical (unpaired) electrons. The molecule has 2 N–H and O–H groups in total. The number of nitrogens with zero attached hydrogens (tertiary/aromatic N) is 2. The van der Waals surface area contributed by atoms with Crippen LogP contribution in [0.4, 0.5) is 0 Å². The summed E-state index contributed by atoms with van der Waals surface area (Å²) in [5, 5.41) is 11.8. The van der Waals surface area contributed by atoms with Crippen molar-refractivity contribution in [3.05, 3.63) is 29.8 Å². The molecule has 2 aliphatic heterocycles. The number of sulfonamides is 1. The van der Waals surface area contributed by atoms with E-state index in [9.17, 15) is 27.9 Å². The molecule has 1 unspecified atom stereocenters. The lowest BCUT2D eigenvalue weighted by molar-refractivity contribution is -0.147. The standard InChI is InChI=1S/C17H21N3O6S/c1-17(16(23)24)6-8-19(11-17)15(22)12-2-4-13(5-3-12)27(25,26)20-9-7-18-14(21)10-20/h2-5H,6-11H2,1H3,(H,18,21)(H,23,24). The number of nitrogens with one attached hydrogen (secondary N) is 1. The van der Waals surface area contributed by atoms with Crippen LogP contribution in [0.1, 0.15) is 23.7 Å². The highest BCUT2D eigenvalue weighted by molar-refractivity contribution is 7.89. The fraction of sp³-hybridized carbons (Fsp3) is 0.471. The third-order valence-corrected chi connectivity index (χ3v) is 6.88. The number of carbonyl (C=O) groups excluding carboxylic acids is 2. The van der Waals surface area contributed by atoms with Crippen molar-refractivity contribution in [2.75, 3.05) is 32.7 Å². The molecule has 0 aromatic heterocycles. The molecule has 146 valence electrons. The number of hydrogen-bond donors (Lipinski definition) is 2. The Bertz CT molecular complexity index is 882. The fourth-order valence-electron chi connectivity index (χ4n) is 3.23. The van der Waals surface area contributed by atoms with E-state index in [1.807, 2.05) is 0 Å². The Balaban J connectivity index is 1.74. The van der Waals surface area contributed by atoms with Crippen molar-refractivity contribution >= 4 is 27.8 Å². The molecule has 2 saturated heterocycles. The predicted octanol–water partition coefficient (Wildman–Crippen LogP) is -0.256. The second-order valence-corrected chi connectivity index (χ2v) is 8.99. The maximum Gasteiger partial charge on any atom is 0.311 e. The van der Waals surface area contributed by atoms with Crippen molar-refractivity contribution in [2.45, 2.75) is 18.2 Å². The predicted molar refractivity (Wildman–Crippen MR) is 94.5 cm³/mol. The van der Waals surface area contributed by atoms with Crippen molar-refractivity contribution in [3.8, 4) is 0 Å². The van der Waals surface area contributed by atoms with Gasteiger partial charge in [-0.25, -0.2) is 8.42 Å². The van der Waals surface area contributed by atoms with Gasteiger partial charge in [-0.3, -0.25) is 14.4 Å². The smallest absolute Gasteiger partial charge is 0.311 e. The minimum atomic E-state index is -3.82. The Kier molecular flexibility index (Phi) is 4.96. The van der Waals surface area contributed by atoms with Gasteiger partial charge in [-0.15, -0.1) is 0 Å². The maximum atomic E-state index is 12.6. The molecule has 2 aliphatic rings. The number of carboxylic acids is 1. The molecule has 0 spiro atoms. The van der Waals surface area contributed by atoms with E-state index in [0.29, 0.717) is 18.5 Å². The molecule has 9 nitrogen and oxygen atoms in total. The van der Waals surface area contributed by atoms with E-state index in [4.69, 9.17) is 0 Å². The average molecular weight is 395 g/mol. The summed E-state index contributed by atoms with van der Waals surface area (Å²) in [6, 6.07) is 5.49. The molecule has 2 heterocycles. The minimum absolute atomic E-state index is 0.00514. The molecular weight excluding hydrogens is 374 g/mol. The zero-order valence-corrected chi connectivity index (χ0v) is 15.7. The van der Waals surface area contributed by atoms with Crippen LogP contribution < -0.4 is 5.32 Å². The van der Waals surface area contributed by atoms with Crippen molar-refractivity contribution in [1.82, 2.24) is 14.5 Å².